The third kappa shape index (κ3) is 3.33. The highest BCUT2D eigenvalue weighted by atomic mass is 32.1. The van der Waals surface area contributed by atoms with Crippen molar-refractivity contribution in [1.82, 2.24) is 10.3 Å². The van der Waals surface area contributed by atoms with Crippen molar-refractivity contribution in [1.29, 1.82) is 0 Å². The van der Waals surface area contributed by atoms with Crippen LogP contribution >= 0.6 is 11.3 Å². The maximum absolute atomic E-state index is 5.36. The molecule has 0 amide bonds. The number of aromatic nitrogens is 1. The molecular weight excluding hydrogens is 256 g/mol. The van der Waals surface area contributed by atoms with Crippen LogP contribution in [0.5, 0.6) is 5.75 Å². The van der Waals surface area contributed by atoms with Gasteiger partial charge in [-0.25, -0.2) is 4.98 Å². The minimum absolute atomic E-state index is 0.955. The number of rotatable bonds is 6. The number of likely N-dealkylation sites (N-methyl/N-ethyl adjacent to an activating group) is 1. The number of ether oxygens (including phenoxy) is 1. The van der Waals surface area contributed by atoms with Gasteiger partial charge in [-0.3, -0.25) is 0 Å². The Bertz CT molecular complexity index is 537. The van der Waals surface area contributed by atoms with Gasteiger partial charge in [0.2, 0.25) is 0 Å². The van der Waals surface area contributed by atoms with Crippen LogP contribution in [0.25, 0.3) is 11.3 Å². The second-order valence-electron chi connectivity index (χ2n) is 4.36. The number of nitrogens with zero attached hydrogens (tertiary/aromatic N) is 1. The zero-order valence-corrected chi connectivity index (χ0v) is 12.5. The Morgan fingerprint density at radius 3 is 2.89 bits per heavy atom. The fourth-order valence-electron chi connectivity index (χ4n) is 2.00. The van der Waals surface area contributed by atoms with E-state index < -0.39 is 0 Å². The topological polar surface area (TPSA) is 34.2 Å². The van der Waals surface area contributed by atoms with E-state index >= 15 is 0 Å². The van der Waals surface area contributed by atoms with Crippen molar-refractivity contribution in [3.63, 3.8) is 0 Å². The Morgan fingerprint density at radius 1 is 1.37 bits per heavy atom. The van der Waals surface area contributed by atoms with Crippen LogP contribution < -0.4 is 10.1 Å². The first-order valence-corrected chi connectivity index (χ1v) is 7.42. The molecule has 0 radical (unpaired) electrons. The van der Waals surface area contributed by atoms with Crippen molar-refractivity contribution in [2.45, 2.75) is 19.8 Å². The van der Waals surface area contributed by atoms with Gasteiger partial charge < -0.3 is 10.1 Å². The van der Waals surface area contributed by atoms with Crippen molar-refractivity contribution in [2.75, 3.05) is 20.7 Å². The molecule has 3 nitrogen and oxygen atoms in total. The van der Waals surface area contributed by atoms with Gasteiger partial charge in [0, 0.05) is 23.9 Å². The highest BCUT2D eigenvalue weighted by Gasteiger charge is 2.07. The molecule has 1 aromatic carbocycles. The highest BCUT2D eigenvalue weighted by molar-refractivity contribution is 7.09. The zero-order chi connectivity index (χ0) is 13.7. The molecular formula is C15H20N2OS. The number of methoxy groups -OCH3 is 1. The monoisotopic (exact) mass is 276 g/mol. The minimum atomic E-state index is 0.955. The van der Waals surface area contributed by atoms with Crippen LogP contribution in [0.15, 0.2) is 23.6 Å². The number of hydrogen-bond acceptors (Lipinski definition) is 4. The average Bonchev–Trinajstić information content (AvgIpc) is 2.93. The fourth-order valence-corrected chi connectivity index (χ4v) is 2.81. The molecule has 0 spiro atoms. The summed E-state index contributed by atoms with van der Waals surface area (Å²) in [6.45, 7) is 3.11. The van der Waals surface area contributed by atoms with Crippen LogP contribution in [0.2, 0.25) is 0 Å². The molecule has 19 heavy (non-hydrogen) atoms. The van der Waals surface area contributed by atoms with Crippen molar-refractivity contribution < 1.29 is 4.74 Å². The van der Waals surface area contributed by atoms with E-state index in [0.717, 1.165) is 30.8 Å². The van der Waals surface area contributed by atoms with Gasteiger partial charge in [-0.05, 0) is 37.2 Å². The number of hydrogen-bond donors (Lipinski definition) is 1. The highest BCUT2D eigenvalue weighted by Crippen LogP contribution is 2.28. The SMILES string of the molecule is CCc1cc(-c2csc(CCNC)n2)ccc1OC. The van der Waals surface area contributed by atoms with Gasteiger partial charge in [0.25, 0.3) is 0 Å². The predicted molar refractivity (Wildman–Crippen MR) is 81.1 cm³/mol. The van der Waals surface area contributed by atoms with E-state index in [1.54, 1.807) is 18.4 Å². The molecule has 1 aromatic heterocycles. The summed E-state index contributed by atoms with van der Waals surface area (Å²) in [6.07, 6.45) is 1.95. The molecule has 102 valence electrons. The van der Waals surface area contributed by atoms with E-state index in [-0.39, 0.29) is 0 Å². The van der Waals surface area contributed by atoms with Gasteiger partial charge in [0.1, 0.15) is 5.75 Å². The number of thiazole rings is 1. The van der Waals surface area contributed by atoms with Crippen LogP contribution in [-0.2, 0) is 12.8 Å². The predicted octanol–water partition coefficient (Wildman–Crippen LogP) is 3.14. The Hall–Kier alpha value is -1.39. The van der Waals surface area contributed by atoms with E-state index in [1.165, 1.54) is 16.1 Å². The average molecular weight is 276 g/mol. The maximum atomic E-state index is 5.36. The maximum Gasteiger partial charge on any atom is 0.122 e. The summed E-state index contributed by atoms with van der Waals surface area (Å²) in [4.78, 5) is 4.69. The van der Waals surface area contributed by atoms with Crippen molar-refractivity contribution in [3.8, 4) is 17.0 Å². The molecule has 0 saturated carbocycles. The Morgan fingerprint density at radius 2 is 2.21 bits per heavy atom. The summed E-state index contributed by atoms with van der Waals surface area (Å²) in [7, 11) is 3.68. The van der Waals surface area contributed by atoms with E-state index in [1.807, 2.05) is 13.1 Å². The summed E-state index contributed by atoms with van der Waals surface area (Å²) in [6, 6.07) is 6.28. The molecule has 0 bridgehead atoms. The Kier molecular flexibility index (Phi) is 4.93. The van der Waals surface area contributed by atoms with Crippen molar-refractivity contribution in [3.05, 3.63) is 34.2 Å². The fraction of sp³-hybridized carbons (Fsp3) is 0.400. The second kappa shape index (κ2) is 6.68. The molecule has 0 aliphatic carbocycles. The molecule has 2 rings (SSSR count). The zero-order valence-electron chi connectivity index (χ0n) is 11.7. The second-order valence-corrected chi connectivity index (χ2v) is 5.30. The summed E-state index contributed by atoms with van der Waals surface area (Å²) in [5.74, 6) is 0.955. The number of benzene rings is 1. The lowest BCUT2D eigenvalue weighted by Gasteiger charge is -2.07. The van der Waals surface area contributed by atoms with E-state index in [0.29, 0.717) is 0 Å². The molecule has 0 atom stereocenters. The minimum Gasteiger partial charge on any atom is -0.496 e. The van der Waals surface area contributed by atoms with Gasteiger partial charge in [0.05, 0.1) is 17.8 Å². The molecule has 1 N–H and O–H groups in total. The van der Waals surface area contributed by atoms with Gasteiger partial charge >= 0.3 is 0 Å². The third-order valence-corrected chi connectivity index (χ3v) is 4.01. The van der Waals surface area contributed by atoms with Gasteiger partial charge in [-0.2, -0.15) is 0 Å². The normalized spacial score (nSPS) is 10.7. The van der Waals surface area contributed by atoms with Crippen LogP contribution in [0.1, 0.15) is 17.5 Å². The first-order valence-electron chi connectivity index (χ1n) is 6.54. The molecule has 0 aliphatic heterocycles. The Labute approximate surface area is 118 Å². The summed E-state index contributed by atoms with van der Waals surface area (Å²) >= 11 is 1.73. The van der Waals surface area contributed by atoms with E-state index in [2.05, 4.69) is 34.7 Å². The third-order valence-electron chi connectivity index (χ3n) is 3.10. The summed E-state index contributed by atoms with van der Waals surface area (Å²) in [5.41, 5.74) is 3.46. The first-order chi connectivity index (χ1) is 9.28. The molecule has 2 aromatic rings. The smallest absolute Gasteiger partial charge is 0.122 e. The van der Waals surface area contributed by atoms with Crippen molar-refractivity contribution in [2.24, 2.45) is 0 Å². The molecule has 4 heteroatoms. The van der Waals surface area contributed by atoms with Crippen LogP contribution in [0, 0.1) is 0 Å². The van der Waals surface area contributed by atoms with E-state index in [4.69, 9.17) is 4.74 Å². The molecule has 0 fully saturated rings. The van der Waals surface area contributed by atoms with Gasteiger partial charge in [-0.1, -0.05) is 6.92 Å². The summed E-state index contributed by atoms with van der Waals surface area (Å²) < 4.78 is 5.36. The standard InChI is InChI=1S/C15H20N2OS/c1-4-11-9-12(5-6-14(11)18-3)13-10-19-15(17-13)7-8-16-2/h5-6,9-10,16H,4,7-8H2,1-3H3. The van der Waals surface area contributed by atoms with E-state index in [9.17, 15) is 0 Å². The molecule has 1 heterocycles. The van der Waals surface area contributed by atoms with Crippen LogP contribution in [0.4, 0.5) is 0 Å². The Balaban J connectivity index is 2.23. The van der Waals surface area contributed by atoms with Crippen molar-refractivity contribution >= 4 is 11.3 Å². The number of aryl methyl sites for hydroxylation is 1. The summed E-state index contributed by atoms with van der Waals surface area (Å²) in [5, 5.41) is 6.46. The lowest BCUT2D eigenvalue weighted by molar-refractivity contribution is 0.410. The quantitative estimate of drug-likeness (QED) is 0.880. The van der Waals surface area contributed by atoms with Gasteiger partial charge in [-0.15, -0.1) is 11.3 Å². The number of nitrogens with one attached hydrogen (secondary N) is 1. The first kappa shape index (κ1) is 14.0. The van der Waals surface area contributed by atoms with Crippen LogP contribution in [-0.4, -0.2) is 25.7 Å². The largest absolute Gasteiger partial charge is 0.496 e. The molecule has 0 aliphatic rings. The molecule has 0 unspecified atom stereocenters. The molecule has 0 saturated heterocycles. The van der Waals surface area contributed by atoms with Gasteiger partial charge in [0.15, 0.2) is 0 Å². The lowest BCUT2D eigenvalue weighted by atomic mass is 10.1. The lowest BCUT2D eigenvalue weighted by Crippen LogP contribution is -2.09. The van der Waals surface area contributed by atoms with Crippen LogP contribution in [0.3, 0.4) is 0 Å².